The number of carbonyl (C=O) groups excluding carboxylic acids is 8. The van der Waals surface area contributed by atoms with Crippen molar-refractivity contribution in [1.29, 1.82) is 0 Å². The Bertz CT molecular complexity index is 2500. The molecule has 3 heterocycles. The van der Waals surface area contributed by atoms with E-state index in [2.05, 4.69) is 29.6 Å². The Kier molecular flexibility index (Phi) is 20.9. The van der Waals surface area contributed by atoms with Gasteiger partial charge in [-0.25, -0.2) is 14.6 Å². The van der Waals surface area contributed by atoms with Gasteiger partial charge in [0.15, 0.2) is 0 Å². The maximum Gasteiger partial charge on any atom is 0.355 e. The molecule has 1 aliphatic heterocycles. The molecular formula is C50H65N3O17Si. The molecule has 0 fully saturated rings. The fraction of sp³-hybridized carbons (Fsp3) is 0.500. The number of rotatable bonds is 26. The van der Waals surface area contributed by atoms with Crippen LogP contribution >= 0.6 is 0 Å². The van der Waals surface area contributed by atoms with Gasteiger partial charge in [-0.1, -0.05) is 50.0 Å². The number of esters is 8. The third-order valence-electron chi connectivity index (χ3n) is 12.0. The van der Waals surface area contributed by atoms with Crippen molar-refractivity contribution in [2.75, 3.05) is 56.4 Å². The lowest BCUT2D eigenvalue weighted by Gasteiger charge is -2.30. The van der Waals surface area contributed by atoms with Gasteiger partial charge in [-0.15, -0.1) is 0 Å². The summed E-state index contributed by atoms with van der Waals surface area (Å²) in [7, 11) is 6.91. The molecule has 2 N–H and O–H groups in total. The van der Waals surface area contributed by atoms with Crippen LogP contribution in [0.3, 0.4) is 0 Å². The summed E-state index contributed by atoms with van der Waals surface area (Å²) < 4.78 is 47.8. The molecule has 0 saturated heterocycles. The van der Waals surface area contributed by atoms with Gasteiger partial charge in [-0.05, 0) is 58.7 Å². The van der Waals surface area contributed by atoms with E-state index < -0.39 is 80.6 Å². The first-order valence-corrected chi connectivity index (χ1v) is 26.6. The minimum absolute atomic E-state index is 0.0192. The highest BCUT2D eigenvalue weighted by atomic mass is 28.3. The molecule has 1 unspecified atom stereocenters. The van der Waals surface area contributed by atoms with Crippen LogP contribution in [0.2, 0.25) is 25.7 Å². The number of nitrogens with zero attached hydrogens (tertiary/aromatic N) is 1. The van der Waals surface area contributed by atoms with Gasteiger partial charge in [0, 0.05) is 57.1 Å². The largest absolute Gasteiger partial charge is 0.481 e. The van der Waals surface area contributed by atoms with Crippen molar-refractivity contribution in [3.05, 3.63) is 92.1 Å². The van der Waals surface area contributed by atoms with Crippen molar-refractivity contribution in [2.24, 2.45) is 4.99 Å². The Labute approximate surface area is 413 Å². The van der Waals surface area contributed by atoms with Crippen molar-refractivity contribution >= 4 is 61.7 Å². The average Bonchev–Trinajstić information content (AvgIpc) is 3.97. The van der Waals surface area contributed by atoms with E-state index in [1.807, 2.05) is 0 Å². The van der Waals surface area contributed by atoms with Gasteiger partial charge in [-0.2, -0.15) is 0 Å². The van der Waals surface area contributed by atoms with Crippen LogP contribution in [0.25, 0.3) is 0 Å². The van der Waals surface area contributed by atoms with E-state index in [9.17, 15) is 38.4 Å². The highest BCUT2D eigenvalue weighted by Crippen LogP contribution is 2.44. The van der Waals surface area contributed by atoms with Gasteiger partial charge >= 0.3 is 47.8 Å². The minimum atomic E-state index is -1.70. The number of aromatic amines is 2. The molecule has 0 bridgehead atoms. The van der Waals surface area contributed by atoms with E-state index in [4.69, 9.17) is 47.6 Å². The molecule has 0 amide bonds. The van der Waals surface area contributed by atoms with Crippen LogP contribution < -0.4 is 0 Å². The SMILES string of the molecule is COC(=O)CCC1=C(CC(=O)OC)C(Cc2[nH]c(C(=O)OCC[Si](C)(C)C)c(CCC(=O)OC)c2CC(=O)OC)(Cc2[nH]c(C(=O)OCc3ccccc3)c(CC(=O)OC)c2CCC(=O)OC)N=C1OC. The molecule has 3 aromatic rings. The quantitative estimate of drug-likeness (QED) is 0.0592. The number of H-pyrrole nitrogens is 2. The Morgan fingerprint density at radius 3 is 1.54 bits per heavy atom. The van der Waals surface area contributed by atoms with Crippen LogP contribution in [0.4, 0.5) is 0 Å². The van der Waals surface area contributed by atoms with Crippen LogP contribution in [-0.2, 0) is 117 Å². The van der Waals surface area contributed by atoms with E-state index in [1.54, 1.807) is 30.3 Å². The molecular weight excluding hydrogens is 943 g/mol. The molecule has 0 radical (unpaired) electrons. The van der Waals surface area contributed by atoms with Crippen LogP contribution in [0.5, 0.6) is 0 Å². The summed E-state index contributed by atoms with van der Waals surface area (Å²) in [6.07, 6.45) is -2.60. The van der Waals surface area contributed by atoms with Crippen molar-refractivity contribution in [2.45, 2.75) is 108 Å². The fourth-order valence-corrected chi connectivity index (χ4v) is 8.95. The molecule has 1 aromatic carbocycles. The number of benzene rings is 1. The summed E-state index contributed by atoms with van der Waals surface area (Å²) in [6, 6.07) is 9.54. The highest BCUT2D eigenvalue weighted by Gasteiger charge is 2.47. The lowest BCUT2D eigenvalue weighted by atomic mass is 9.77. The summed E-state index contributed by atoms with van der Waals surface area (Å²) in [5.74, 6) is -5.51. The molecule has 21 heteroatoms. The smallest absolute Gasteiger partial charge is 0.355 e. The zero-order chi connectivity index (χ0) is 52.5. The van der Waals surface area contributed by atoms with Crippen molar-refractivity contribution in [3.63, 3.8) is 0 Å². The highest BCUT2D eigenvalue weighted by molar-refractivity contribution is 6.76. The summed E-state index contributed by atoms with van der Waals surface area (Å²) in [5.41, 5.74) is 0.936. The van der Waals surface area contributed by atoms with Gasteiger partial charge in [0.25, 0.3) is 0 Å². The van der Waals surface area contributed by atoms with Crippen LogP contribution in [0.15, 0.2) is 46.5 Å². The van der Waals surface area contributed by atoms with Gasteiger partial charge in [0.1, 0.15) is 18.0 Å². The molecule has 20 nitrogen and oxygen atoms in total. The number of carbonyl (C=O) groups is 8. The van der Waals surface area contributed by atoms with E-state index in [0.29, 0.717) is 22.7 Å². The third-order valence-corrected chi connectivity index (χ3v) is 13.7. The topological polar surface area (TPSA) is 264 Å². The van der Waals surface area contributed by atoms with Crippen LogP contribution in [0.1, 0.15) is 92.3 Å². The molecule has 0 spiro atoms. The van der Waals surface area contributed by atoms with E-state index in [-0.39, 0.29) is 116 Å². The number of aliphatic imine (C=N–C) groups is 1. The first-order valence-electron chi connectivity index (χ1n) is 22.9. The van der Waals surface area contributed by atoms with Crippen molar-refractivity contribution in [3.8, 4) is 0 Å². The molecule has 0 saturated carbocycles. The predicted molar refractivity (Wildman–Crippen MR) is 257 cm³/mol. The second kappa shape index (κ2) is 26.3. The number of nitrogens with one attached hydrogen (secondary N) is 2. The first kappa shape index (κ1) is 56.6. The first-order chi connectivity index (χ1) is 33.8. The molecule has 0 aliphatic carbocycles. The van der Waals surface area contributed by atoms with E-state index >= 15 is 0 Å². The summed E-state index contributed by atoms with van der Waals surface area (Å²) >= 11 is 0. The lowest BCUT2D eigenvalue weighted by Crippen LogP contribution is -2.36. The number of methoxy groups -OCH3 is 7. The monoisotopic (exact) mass is 1010 g/mol. The van der Waals surface area contributed by atoms with Crippen molar-refractivity contribution < 1.29 is 81.0 Å². The van der Waals surface area contributed by atoms with Gasteiger partial charge < -0.3 is 52.6 Å². The van der Waals surface area contributed by atoms with E-state index in [0.717, 1.165) is 0 Å². The summed E-state index contributed by atoms with van der Waals surface area (Å²) in [5, 5.41) is 0. The molecule has 2 aromatic heterocycles. The van der Waals surface area contributed by atoms with Gasteiger partial charge in [0.2, 0.25) is 5.90 Å². The number of ether oxygens (including phenoxy) is 9. The second-order valence-corrected chi connectivity index (χ2v) is 23.5. The number of aromatic nitrogens is 2. The molecule has 1 atom stereocenters. The second-order valence-electron chi connectivity index (χ2n) is 17.8. The third kappa shape index (κ3) is 15.5. The average molecular weight is 1010 g/mol. The number of hydrogen-bond donors (Lipinski definition) is 2. The molecule has 1 aliphatic rings. The Morgan fingerprint density at radius 2 is 1.01 bits per heavy atom. The van der Waals surface area contributed by atoms with Gasteiger partial charge in [-0.3, -0.25) is 28.8 Å². The van der Waals surface area contributed by atoms with E-state index in [1.165, 1.54) is 49.8 Å². The normalized spacial score (nSPS) is 14.3. The fourth-order valence-electron chi connectivity index (χ4n) is 8.24. The Morgan fingerprint density at radius 1 is 0.549 bits per heavy atom. The summed E-state index contributed by atoms with van der Waals surface area (Å²) in [6.45, 7) is 6.33. The Balaban J connectivity index is 2.13. The standard InChI is InChI=1S/C50H65N3O17Si/c1-62-39(54)19-16-31-35(25-43(58)66-5)46(49(61)70-29-30-14-12-11-13-15-30)51-37(31)27-50(36(26-44(59)67-6)33(47(53-50)68-7)18-21-41(56)64-3)28-38-34(24-42(57)65-4)32(17-20-40(55)63-2)45(52-38)48(60)69-22-23-71(8,9)10/h11-15,51-52H,16-29H2,1-10H3. The zero-order valence-corrected chi connectivity index (χ0v) is 43.2. The Hall–Kier alpha value is -7.03. The number of hydrogen-bond acceptors (Lipinski definition) is 18. The predicted octanol–water partition coefficient (Wildman–Crippen LogP) is 5.23. The zero-order valence-electron chi connectivity index (χ0n) is 42.2. The maximum absolute atomic E-state index is 14.2. The molecule has 386 valence electrons. The van der Waals surface area contributed by atoms with Crippen LogP contribution in [0, 0.1) is 0 Å². The van der Waals surface area contributed by atoms with Crippen molar-refractivity contribution in [1.82, 2.24) is 9.97 Å². The lowest BCUT2D eigenvalue weighted by molar-refractivity contribution is -0.141. The van der Waals surface area contributed by atoms with Gasteiger partial charge in [0.05, 0.1) is 81.2 Å². The molecule has 4 rings (SSSR count). The maximum atomic E-state index is 14.2. The minimum Gasteiger partial charge on any atom is -0.481 e. The molecule has 71 heavy (non-hydrogen) atoms. The summed E-state index contributed by atoms with van der Waals surface area (Å²) in [4.78, 5) is 118. The van der Waals surface area contributed by atoms with Crippen LogP contribution in [-0.4, -0.2) is 134 Å².